The number of hydrogen-bond donors (Lipinski definition) is 1. The van der Waals surface area contributed by atoms with Gasteiger partial charge in [0, 0.05) is 12.6 Å². The Morgan fingerprint density at radius 3 is 2.68 bits per heavy atom. The van der Waals surface area contributed by atoms with E-state index in [0.717, 1.165) is 38.5 Å². The van der Waals surface area contributed by atoms with Crippen LogP contribution in [0.4, 0.5) is 13.2 Å². The molecule has 1 aliphatic heterocycles. The van der Waals surface area contributed by atoms with Crippen LogP contribution in [-0.2, 0) is 6.18 Å². The number of piperidine rings is 1. The zero-order valence-corrected chi connectivity index (χ0v) is 11.1. The molecule has 0 saturated carbocycles. The lowest BCUT2D eigenvalue weighted by atomic mass is 9.92. The van der Waals surface area contributed by atoms with Crippen LogP contribution in [0.25, 0.3) is 0 Å². The van der Waals surface area contributed by atoms with E-state index >= 15 is 0 Å². The minimum atomic E-state index is -4.46. The van der Waals surface area contributed by atoms with Crippen LogP contribution in [0.1, 0.15) is 40.4 Å². The van der Waals surface area contributed by atoms with Crippen molar-refractivity contribution in [2.45, 2.75) is 31.9 Å². The zero-order chi connectivity index (χ0) is 13.9. The number of carbonyl (C=O) groups is 1. The molecule has 2 rings (SSSR count). The lowest BCUT2D eigenvalue weighted by molar-refractivity contribution is -0.137. The Morgan fingerprint density at radius 2 is 2.11 bits per heavy atom. The van der Waals surface area contributed by atoms with Crippen molar-refractivity contribution in [2.24, 2.45) is 5.92 Å². The molecule has 1 aromatic rings. The van der Waals surface area contributed by atoms with Gasteiger partial charge >= 0.3 is 6.18 Å². The number of Topliss-reactive ketones (excluding diaryl/α,β-unsaturated/α-hetero) is 1. The van der Waals surface area contributed by atoms with Crippen LogP contribution >= 0.6 is 11.3 Å². The Balaban J connectivity index is 1.87. The summed E-state index contributed by atoms with van der Waals surface area (Å²) in [5.74, 6) is 0.270. The van der Waals surface area contributed by atoms with Crippen LogP contribution in [0.3, 0.4) is 0 Å². The van der Waals surface area contributed by atoms with E-state index < -0.39 is 11.2 Å². The van der Waals surface area contributed by atoms with Crippen molar-refractivity contribution in [2.75, 3.05) is 13.1 Å². The van der Waals surface area contributed by atoms with Gasteiger partial charge < -0.3 is 5.32 Å². The van der Waals surface area contributed by atoms with Gasteiger partial charge in [-0.05, 0) is 38.3 Å². The fourth-order valence-electron chi connectivity index (χ4n) is 2.16. The number of hydrogen-bond acceptors (Lipinski definition) is 4. The van der Waals surface area contributed by atoms with Crippen molar-refractivity contribution in [1.82, 2.24) is 10.3 Å². The van der Waals surface area contributed by atoms with Crippen molar-refractivity contribution in [3.05, 3.63) is 16.1 Å². The van der Waals surface area contributed by atoms with Crippen LogP contribution in [-0.4, -0.2) is 23.9 Å². The molecule has 0 aromatic carbocycles. The van der Waals surface area contributed by atoms with Gasteiger partial charge in [-0.1, -0.05) is 0 Å². The van der Waals surface area contributed by atoms with E-state index in [9.17, 15) is 18.0 Å². The predicted molar refractivity (Wildman–Crippen MR) is 66.3 cm³/mol. The number of carbonyl (C=O) groups excluding carboxylic acids is 1. The number of aromatic nitrogens is 1. The molecular weight excluding hydrogens is 277 g/mol. The van der Waals surface area contributed by atoms with Gasteiger partial charge in [0.2, 0.25) is 0 Å². The fourth-order valence-corrected chi connectivity index (χ4v) is 2.91. The van der Waals surface area contributed by atoms with E-state index in [4.69, 9.17) is 0 Å². The maximum Gasteiger partial charge on any atom is 0.443 e. The van der Waals surface area contributed by atoms with Crippen LogP contribution < -0.4 is 5.32 Å². The number of nitrogens with zero attached hydrogens (tertiary/aromatic N) is 1. The highest BCUT2D eigenvalue weighted by Gasteiger charge is 2.35. The first-order chi connectivity index (χ1) is 8.97. The molecule has 0 bridgehead atoms. The van der Waals surface area contributed by atoms with E-state index in [-0.39, 0.29) is 10.7 Å². The van der Waals surface area contributed by atoms with Gasteiger partial charge in [-0.15, -0.1) is 11.3 Å². The van der Waals surface area contributed by atoms with Gasteiger partial charge in [0.1, 0.15) is 0 Å². The Bertz CT molecular complexity index is 438. The highest BCUT2D eigenvalue weighted by Crippen LogP contribution is 2.33. The van der Waals surface area contributed by atoms with E-state index in [1.165, 1.54) is 0 Å². The average molecular weight is 292 g/mol. The molecule has 106 valence electrons. The molecule has 1 saturated heterocycles. The van der Waals surface area contributed by atoms with Crippen LogP contribution in [0, 0.1) is 5.92 Å². The number of halogens is 3. The number of rotatable bonds is 4. The lowest BCUT2D eigenvalue weighted by Crippen LogP contribution is -2.27. The number of ketones is 1. The SMILES string of the molecule is O=C(CCC1CCNCC1)c1cnc(C(F)(F)F)s1. The Kier molecular flexibility index (Phi) is 4.57. The van der Waals surface area contributed by atoms with E-state index in [0.29, 0.717) is 23.7 Å². The molecule has 1 fully saturated rings. The second kappa shape index (κ2) is 6.00. The summed E-state index contributed by atoms with van der Waals surface area (Å²) in [7, 11) is 0. The minimum Gasteiger partial charge on any atom is -0.317 e. The third kappa shape index (κ3) is 4.01. The van der Waals surface area contributed by atoms with Crippen molar-refractivity contribution >= 4 is 17.1 Å². The van der Waals surface area contributed by atoms with Crippen molar-refractivity contribution < 1.29 is 18.0 Å². The number of nitrogens with one attached hydrogen (secondary N) is 1. The molecule has 19 heavy (non-hydrogen) atoms. The summed E-state index contributed by atoms with van der Waals surface area (Å²) in [4.78, 5) is 15.2. The van der Waals surface area contributed by atoms with Crippen molar-refractivity contribution in [3.8, 4) is 0 Å². The van der Waals surface area contributed by atoms with Crippen LogP contribution in [0.2, 0.25) is 0 Å². The summed E-state index contributed by atoms with van der Waals surface area (Å²) in [5.41, 5.74) is 0. The molecule has 0 radical (unpaired) electrons. The smallest absolute Gasteiger partial charge is 0.317 e. The van der Waals surface area contributed by atoms with Crippen molar-refractivity contribution in [3.63, 3.8) is 0 Å². The first-order valence-corrected chi connectivity index (χ1v) is 7.05. The third-order valence-electron chi connectivity index (χ3n) is 3.26. The maximum atomic E-state index is 12.4. The molecule has 2 heterocycles. The van der Waals surface area contributed by atoms with Gasteiger partial charge in [0.05, 0.1) is 4.88 Å². The molecular formula is C12H15F3N2OS. The van der Waals surface area contributed by atoms with E-state index in [1.54, 1.807) is 0 Å². The number of alkyl halides is 3. The molecule has 0 amide bonds. The van der Waals surface area contributed by atoms with E-state index in [2.05, 4.69) is 10.3 Å². The van der Waals surface area contributed by atoms with Gasteiger partial charge in [0.25, 0.3) is 0 Å². The summed E-state index contributed by atoms with van der Waals surface area (Å²) in [6.07, 6.45) is -0.298. The van der Waals surface area contributed by atoms with Gasteiger partial charge in [-0.25, -0.2) is 4.98 Å². The Hall–Kier alpha value is -0.950. The van der Waals surface area contributed by atoms with Gasteiger partial charge in [0.15, 0.2) is 10.8 Å². The van der Waals surface area contributed by atoms with Gasteiger partial charge in [-0.3, -0.25) is 4.79 Å². The molecule has 0 unspecified atom stereocenters. The molecule has 0 spiro atoms. The normalized spacial score (nSPS) is 17.6. The largest absolute Gasteiger partial charge is 0.443 e. The summed E-state index contributed by atoms with van der Waals surface area (Å²) >= 11 is 0.437. The summed E-state index contributed by atoms with van der Waals surface area (Å²) in [6.45, 7) is 1.91. The number of thiazole rings is 1. The van der Waals surface area contributed by atoms with Crippen LogP contribution in [0.15, 0.2) is 6.20 Å². The molecule has 0 atom stereocenters. The Morgan fingerprint density at radius 1 is 1.42 bits per heavy atom. The van der Waals surface area contributed by atoms with Crippen LogP contribution in [0.5, 0.6) is 0 Å². The van der Waals surface area contributed by atoms with Crippen molar-refractivity contribution in [1.29, 1.82) is 0 Å². The molecule has 1 aliphatic rings. The molecule has 1 aromatic heterocycles. The molecule has 1 N–H and O–H groups in total. The second-order valence-corrected chi connectivity index (χ2v) is 5.71. The summed E-state index contributed by atoms with van der Waals surface area (Å²) in [5, 5.41) is 2.29. The quantitative estimate of drug-likeness (QED) is 0.867. The maximum absolute atomic E-state index is 12.4. The topological polar surface area (TPSA) is 42.0 Å². The van der Waals surface area contributed by atoms with E-state index in [1.807, 2.05) is 0 Å². The highest BCUT2D eigenvalue weighted by atomic mass is 32.1. The molecule has 7 heteroatoms. The Labute approximate surface area is 113 Å². The standard InChI is InChI=1S/C12H15F3N2OS/c13-12(14,15)11-17-7-10(19-11)9(18)2-1-8-3-5-16-6-4-8/h7-8,16H,1-6H2. The third-order valence-corrected chi connectivity index (χ3v) is 4.34. The lowest BCUT2D eigenvalue weighted by Gasteiger charge is -2.21. The molecule has 0 aliphatic carbocycles. The first-order valence-electron chi connectivity index (χ1n) is 6.24. The second-order valence-electron chi connectivity index (χ2n) is 4.68. The summed E-state index contributed by atoms with van der Waals surface area (Å²) in [6, 6.07) is 0. The zero-order valence-electron chi connectivity index (χ0n) is 10.3. The molecule has 3 nitrogen and oxygen atoms in total. The average Bonchev–Trinajstić information content (AvgIpc) is 2.87. The van der Waals surface area contributed by atoms with Gasteiger partial charge in [-0.2, -0.15) is 13.2 Å². The fraction of sp³-hybridized carbons (Fsp3) is 0.667. The summed E-state index contributed by atoms with van der Waals surface area (Å²) < 4.78 is 37.1. The predicted octanol–water partition coefficient (Wildman–Crippen LogP) is 3.12. The monoisotopic (exact) mass is 292 g/mol. The highest BCUT2D eigenvalue weighted by molar-refractivity contribution is 7.13. The minimum absolute atomic E-state index is 0.112. The first kappa shape index (κ1) is 14.5.